The van der Waals surface area contributed by atoms with Crippen molar-refractivity contribution in [2.24, 2.45) is 5.92 Å². The summed E-state index contributed by atoms with van der Waals surface area (Å²) >= 11 is 0. The molecule has 7 nitrogen and oxygen atoms in total. The fourth-order valence-electron chi connectivity index (χ4n) is 5.41. The number of aryl methyl sites for hydroxylation is 1. The molecule has 1 saturated heterocycles. The van der Waals surface area contributed by atoms with Gasteiger partial charge in [0, 0.05) is 31.7 Å². The highest BCUT2D eigenvalue weighted by molar-refractivity contribution is 5.95. The molecule has 3 heterocycles. The molecule has 6 rings (SSSR count). The van der Waals surface area contributed by atoms with Crippen molar-refractivity contribution in [3.63, 3.8) is 0 Å². The minimum Gasteiger partial charge on any atom is -0.488 e. The van der Waals surface area contributed by atoms with Crippen molar-refractivity contribution >= 4 is 11.8 Å². The summed E-state index contributed by atoms with van der Waals surface area (Å²) in [6.07, 6.45) is 6.03. The number of hydrogen-bond donors (Lipinski definition) is 2. The smallest absolute Gasteiger partial charge is 0.258 e. The molecule has 0 aromatic heterocycles. The van der Waals surface area contributed by atoms with Crippen molar-refractivity contribution in [1.82, 2.24) is 15.5 Å². The van der Waals surface area contributed by atoms with Crippen LogP contribution in [0.15, 0.2) is 42.5 Å². The molecule has 4 bridgehead atoms. The number of rotatable bonds is 2. The number of hydrogen-bond acceptors (Lipinski definition) is 5. The van der Waals surface area contributed by atoms with E-state index in [0.29, 0.717) is 17.9 Å². The van der Waals surface area contributed by atoms with Crippen LogP contribution in [0.25, 0.3) is 0 Å². The molecule has 35 heavy (non-hydrogen) atoms. The van der Waals surface area contributed by atoms with Crippen LogP contribution < -0.4 is 20.1 Å². The van der Waals surface area contributed by atoms with E-state index in [4.69, 9.17) is 9.47 Å². The average Bonchev–Trinajstić information content (AvgIpc) is 3.37. The van der Waals surface area contributed by atoms with E-state index >= 15 is 0 Å². The Kier molecular flexibility index (Phi) is 7.23. The Balaban J connectivity index is 1.39. The summed E-state index contributed by atoms with van der Waals surface area (Å²) in [5.74, 6) is 1.72. The number of likely N-dealkylation sites (tertiary alicyclic amines) is 1. The number of piperidine rings is 1. The molecule has 7 heteroatoms. The van der Waals surface area contributed by atoms with Gasteiger partial charge in [0.05, 0.1) is 6.04 Å². The lowest BCUT2D eigenvalue weighted by Gasteiger charge is -2.39. The predicted octanol–water partition coefficient (Wildman–Crippen LogP) is 3.45. The first-order chi connectivity index (χ1) is 17.0. The highest BCUT2D eigenvalue weighted by Gasteiger charge is 2.33. The molecule has 1 saturated carbocycles. The monoisotopic (exact) mass is 477 g/mol. The summed E-state index contributed by atoms with van der Waals surface area (Å²) in [7, 11) is 0. The lowest BCUT2D eigenvalue weighted by molar-refractivity contribution is -0.123. The van der Waals surface area contributed by atoms with Crippen molar-refractivity contribution in [2.75, 3.05) is 26.2 Å². The molecule has 2 fully saturated rings. The van der Waals surface area contributed by atoms with Crippen LogP contribution in [0.1, 0.15) is 53.6 Å². The van der Waals surface area contributed by atoms with Crippen LogP contribution in [0.4, 0.5) is 0 Å². The second-order valence-corrected chi connectivity index (χ2v) is 10.1. The molecule has 1 aliphatic carbocycles. The number of carbonyl (C=O) groups excluding carboxylic acids is 2. The first-order valence-corrected chi connectivity index (χ1v) is 12.8. The number of nitrogens with zero attached hydrogens (tertiary/aromatic N) is 1. The van der Waals surface area contributed by atoms with Crippen molar-refractivity contribution in [2.45, 2.75) is 57.7 Å². The van der Waals surface area contributed by atoms with E-state index in [-0.39, 0.29) is 30.6 Å². The lowest BCUT2D eigenvalue weighted by atomic mass is 9.98. The third-order valence-electron chi connectivity index (χ3n) is 7.45. The second kappa shape index (κ2) is 10.7. The minimum atomic E-state index is -0.211. The molecule has 2 aromatic carbocycles. The summed E-state index contributed by atoms with van der Waals surface area (Å²) in [4.78, 5) is 28.1. The number of fused-ring (bicyclic) bond motifs is 7. The Morgan fingerprint density at radius 3 is 2.63 bits per heavy atom. The Morgan fingerprint density at radius 2 is 1.83 bits per heavy atom. The number of amides is 2. The first kappa shape index (κ1) is 23.7. The van der Waals surface area contributed by atoms with E-state index in [0.717, 1.165) is 48.8 Å². The van der Waals surface area contributed by atoms with Gasteiger partial charge < -0.3 is 25.0 Å². The van der Waals surface area contributed by atoms with E-state index < -0.39 is 0 Å². The number of ether oxygens (including phenoxy) is 2. The summed E-state index contributed by atoms with van der Waals surface area (Å²) in [5.41, 5.74) is 2.39. The molecule has 4 aliphatic rings. The maximum absolute atomic E-state index is 13.3. The van der Waals surface area contributed by atoms with Crippen LogP contribution in [0.3, 0.4) is 0 Å². The van der Waals surface area contributed by atoms with Crippen molar-refractivity contribution in [3.8, 4) is 11.5 Å². The number of carbonyl (C=O) groups is 2. The van der Waals surface area contributed by atoms with Gasteiger partial charge in [-0.3, -0.25) is 9.59 Å². The fraction of sp³-hybridized carbons (Fsp3) is 0.500. The zero-order valence-electron chi connectivity index (χ0n) is 20.4. The van der Waals surface area contributed by atoms with Gasteiger partial charge in [-0.15, -0.1) is 0 Å². The number of nitrogens with one attached hydrogen (secondary N) is 2. The van der Waals surface area contributed by atoms with Gasteiger partial charge >= 0.3 is 0 Å². The highest BCUT2D eigenvalue weighted by atomic mass is 16.5. The zero-order valence-corrected chi connectivity index (χ0v) is 20.4. The third kappa shape index (κ3) is 5.96. The molecule has 186 valence electrons. The van der Waals surface area contributed by atoms with Crippen molar-refractivity contribution in [1.29, 1.82) is 0 Å². The van der Waals surface area contributed by atoms with Crippen LogP contribution in [0.2, 0.25) is 0 Å². The van der Waals surface area contributed by atoms with Gasteiger partial charge in [0.1, 0.15) is 17.6 Å². The number of benzene rings is 2. The quantitative estimate of drug-likeness (QED) is 0.693. The fourth-order valence-corrected chi connectivity index (χ4v) is 5.41. The van der Waals surface area contributed by atoms with E-state index in [2.05, 4.69) is 15.5 Å². The molecule has 0 spiro atoms. The Labute approximate surface area is 207 Å². The van der Waals surface area contributed by atoms with E-state index in [1.54, 1.807) is 12.1 Å². The van der Waals surface area contributed by atoms with Gasteiger partial charge in [0.15, 0.2) is 6.61 Å². The molecule has 2 atom stereocenters. The van der Waals surface area contributed by atoms with Crippen LogP contribution in [0, 0.1) is 12.8 Å². The van der Waals surface area contributed by atoms with Crippen LogP contribution >= 0.6 is 0 Å². The zero-order chi connectivity index (χ0) is 24.2. The molecular formula is C28H35N3O4. The molecule has 2 amide bonds. The van der Waals surface area contributed by atoms with Gasteiger partial charge in [0.25, 0.3) is 11.8 Å². The maximum atomic E-state index is 13.3. The molecular weight excluding hydrogens is 442 g/mol. The Hall–Kier alpha value is -3.06. The minimum absolute atomic E-state index is 0.103. The van der Waals surface area contributed by atoms with Crippen molar-refractivity contribution < 1.29 is 19.1 Å². The third-order valence-corrected chi connectivity index (χ3v) is 7.45. The first-order valence-electron chi connectivity index (χ1n) is 12.8. The van der Waals surface area contributed by atoms with Gasteiger partial charge in [-0.05, 0) is 67.5 Å². The molecule has 0 unspecified atom stereocenters. The molecule has 2 aromatic rings. The molecule has 3 aliphatic heterocycles. The van der Waals surface area contributed by atoms with Gasteiger partial charge in [-0.2, -0.15) is 0 Å². The van der Waals surface area contributed by atoms with Crippen LogP contribution in [-0.2, 0) is 11.3 Å². The van der Waals surface area contributed by atoms with Gasteiger partial charge in [-0.1, -0.05) is 31.0 Å². The normalized spacial score (nSPS) is 24.0. The molecule has 2 N–H and O–H groups in total. The van der Waals surface area contributed by atoms with E-state index in [9.17, 15) is 9.59 Å². The SMILES string of the molecule is Cc1ccc2cc1OCC(=O)NCc1ccc(cc1)O[C@H]1CCN(CC3CCCC3)C[C@@H]1NC2=O. The lowest BCUT2D eigenvalue weighted by Crippen LogP contribution is -2.57. The predicted molar refractivity (Wildman–Crippen MR) is 134 cm³/mol. The Bertz CT molecular complexity index is 1050. The topological polar surface area (TPSA) is 79.9 Å². The summed E-state index contributed by atoms with van der Waals surface area (Å²) in [6.45, 7) is 5.07. The summed E-state index contributed by atoms with van der Waals surface area (Å²) in [6, 6.07) is 13.1. The van der Waals surface area contributed by atoms with Crippen molar-refractivity contribution in [3.05, 3.63) is 59.2 Å². The standard InChI is InChI=1S/C28H35N3O4/c1-19-6-9-22-14-26(19)34-18-27(32)29-15-20-7-10-23(11-8-20)35-25-12-13-31(16-21-4-2-3-5-21)17-24(25)30-28(22)33/h6-11,14,21,24-25H,2-5,12-13,15-18H2,1H3,(H,29,32)(H,30,33)/t24-,25-/m0/s1. The van der Waals surface area contributed by atoms with E-state index in [1.807, 2.05) is 37.3 Å². The molecule has 0 radical (unpaired) electrons. The van der Waals surface area contributed by atoms with Crippen LogP contribution in [0.5, 0.6) is 11.5 Å². The Morgan fingerprint density at radius 1 is 1.03 bits per heavy atom. The van der Waals surface area contributed by atoms with Gasteiger partial charge in [-0.25, -0.2) is 0 Å². The maximum Gasteiger partial charge on any atom is 0.258 e. The average molecular weight is 478 g/mol. The van der Waals surface area contributed by atoms with Gasteiger partial charge in [0.2, 0.25) is 0 Å². The largest absolute Gasteiger partial charge is 0.488 e. The van der Waals surface area contributed by atoms with E-state index in [1.165, 1.54) is 25.7 Å². The summed E-state index contributed by atoms with van der Waals surface area (Å²) in [5, 5.41) is 6.14. The second-order valence-electron chi connectivity index (χ2n) is 10.1. The summed E-state index contributed by atoms with van der Waals surface area (Å²) < 4.78 is 12.2. The van der Waals surface area contributed by atoms with Crippen LogP contribution in [-0.4, -0.2) is 55.1 Å². The highest BCUT2D eigenvalue weighted by Crippen LogP contribution is 2.28.